The van der Waals surface area contributed by atoms with Gasteiger partial charge in [-0.15, -0.1) is 0 Å². The molecule has 6 nitrogen and oxygen atoms in total. The molecule has 0 bridgehead atoms. The Bertz CT molecular complexity index is 1320. The Morgan fingerprint density at radius 3 is 2.68 bits per heavy atom. The van der Waals surface area contributed by atoms with E-state index in [2.05, 4.69) is 37.4 Å². The Morgan fingerprint density at radius 1 is 1.00 bits per heavy atom. The molecule has 0 radical (unpaired) electrons. The molecule has 2 aromatic heterocycles. The molecule has 0 atom stereocenters. The lowest BCUT2D eigenvalue weighted by Gasteiger charge is -2.09. The van der Waals surface area contributed by atoms with Crippen LogP contribution in [0.1, 0.15) is 22.4 Å². The van der Waals surface area contributed by atoms with E-state index >= 15 is 0 Å². The first-order valence-corrected chi connectivity index (χ1v) is 10.2. The minimum absolute atomic E-state index is 0.118. The Labute approximate surface area is 180 Å². The molecule has 31 heavy (non-hydrogen) atoms. The van der Waals surface area contributed by atoms with E-state index in [1.54, 1.807) is 12.1 Å². The number of carbonyl (C=O) groups is 1. The predicted octanol–water partition coefficient (Wildman–Crippen LogP) is 4.84. The van der Waals surface area contributed by atoms with Crippen molar-refractivity contribution in [1.29, 1.82) is 0 Å². The van der Waals surface area contributed by atoms with Crippen molar-refractivity contribution in [3.63, 3.8) is 0 Å². The van der Waals surface area contributed by atoms with Gasteiger partial charge in [0.15, 0.2) is 11.5 Å². The quantitative estimate of drug-likeness (QED) is 0.520. The molecule has 0 aliphatic carbocycles. The molecule has 2 aromatic carbocycles. The molecule has 0 unspecified atom stereocenters. The Morgan fingerprint density at radius 2 is 1.84 bits per heavy atom. The summed E-state index contributed by atoms with van der Waals surface area (Å²) in [6, 6.07) is 15.7. The molecule has 0 saturated heterocycles. The number of nitrogens with one attached hydrogen (secondary N) is 1. The summed E-state index contributed by atoms with van der Waals surface area (Å²) < 4.78 is 12.8. The third kappa shape index (κ3) is 3.50. The summed E-state index contributed by atoms with van der Waals surface area (Å²) in [7, 11) is 0. The normalized spacial score (nSPS) is 12.4. The van der Waals surface area contributed by atoms with Crippen molar-refractivity contribution >= 4 is 17.2 Å². The number of amides is 1. The topological polar surface area (TPSA) is 64.9 Å². The lowest BCUT2D eigenvalue weighted by molar-refractivity contribution is -0.115. The van der Waals surface area contributed by atoms with E-state index in [4.69, 9.17) is 14.5 Å². The highest BCUT2D eigenvalue weighted by molar-refractivity contribution is 5.93. The van der Waals surface area contributed by atoms with Crippen LogP contribution in [0.25, 0.3) is 16.9 Å². The molecule has 1 N–H and O–H groups in total. The van der Waals surface area contributed by atoms with Gasteiger partial charge in [0.25, 0.3) is 0 Å². The van der Waals surface area contributed by atoms with Crippen molar-refractivity contribution in [2.24, 2.45) is 0 Å². The smallest absolute Gasteiger partial charge is 0.231 e. The molecule has 3 heterocycles. The zero-order valence-electron chi connectivity index (χ0n) is 17.7. The third-order valence-electron chi connectivity index (χ3n) is 5.71. The minimum Gasteiger partial charge on any atom is -0.454 e. The maximum Gasteiger partial charge on any atom is 0.231 e. The molecule has 156 valence electrons. The van der Waals surface area contributed by atoms with Crippen LogP contribution >= 0.6 is 0 Å². The number of aromatic nitrogens is 2. The molecule has 0 spiro atoms. The number of rotatable bonds is 4. The molecule has 5 rings (SSSR count). The highest BCUT2D eigenvalue weighted by atomic mass is 16.7. The number of ether oxygens (including phenoxy) is 2. The first kappa shape index (κ1) is 19.2. The Hall–Kier alpha value is -3.80. The summed E-state index contributed by atoms with van der Waals surface area (Å²) >= 11 is 0. The molecule has 0 fully saturated rings. The number of pyridine rings is 1. The van der Waals surface area contributed by atoms with Crippen molar-refractivity contribution in [2.75, 3.05) is 12.1 Å². The van der Waals surface area contributed by atoms with E-state index in [1.165, 1.54) is 11.1 Å². The molecular weight excluding hydrogens is 390 g/mol. The molecule has 0 saturated carbocycles. The third-order valence-corrected chi connectivity index (χ3v) is 5.71. The zero-order valence-corrected chi connectivity index (χ0v) is 17.7. The minimum atomic E-state index is -0.118. The lowest BCUT2D eigenvalue weighted by Crippen LogP contribution is -2.16. The fraction of sp³-hybridized carbons (Fsp3) is 0.200. The summed E-state index contributed by atoms with van der Waals surface area (Å²) in [6.45, 7) is 6.41. The number of fused-ring (bicyclic) bond motifs is 2. The number of hydrogen-bond acceptors (Lipinski definition) is 4. The predicted molar refractivity (Wildman–Crippen MR) is 120 cm³/mol. The van der Waals surface area contributed by atoms with Gasteiger partial charge < -0.3 is 19.2 Å². The van der Waals surface area contributed by atoms with Crippen LogP contribution in [0.4, 0.5) is 5.69 Å². The van der Waals surface area contributed by atoms with E-state index in [0.717, 1.165) is 28.2 Å². The Kier molecular flexibility index (Phi) is 4.62. The average molecular weight is 413 g/mol. The van der Waals surface area contributed by atoms with Crippen molar-refractivity contribution < 1.29 is 14.3 Å². The number of hydrogen-bond donors (Lipinski definition) is 1. The van der Waals surface area contributed by atoms with Gasteiger partial charge in [-0.1, -0.05) is 18.2 Å². The monoisotopic (exact) mass is 413 g/mol. The summed E-state index contributed by atoms with van der Waals surface area (Å²) in [5, 5.41) is 2.97. The number of benzene rings is 2. The summed E-state index contributed by atoms with van der Waals surface area (Å²) in [5.74, 6) is 1.21. The van der Waals surface area contributed by atoms with Gasteiger partial charge in [0, 0.05) is 23.5 Å². The first-order chi connectivity index (χ1) is 15.0. The number of carbonyl (C=O) groups excluding carboxylic acids is 1. The van der Waals surface area contributed by atoms with Crippen LogP contribution in [0.3, 0.4) is 0 Å². The second-order valence-corrected chi connectivity index (χ2v) is 7.88. The van der Waals surface area contributed by atoms with Gasteiger partial charge in [-0.3, -0.25) is 4.79 Å². The standard InChI is InChI=1S/C25H23N3O3/c1-15-6-7-18(11-17(15)3)24-20(28-10-4-5-16(2)25(28)27-24)13-23(29)26-19-8-9-21-22(12-19)31-14-30-21/h4-12H,13-14H2,1-3H3,(H,26,29). The number of anilines is 1. The second kappa shape index (κ2) is 7.47. The molecule has 4 aromatic rings. The first-order valence-electron chi connectivity index (χ1n) is 10.2. The van der Waals surface area contributed by atoms with Gasteiger partial charge in [-0.2, -0.15) is 0 Å². The number of imidazole rings is 1. The highest BCUT2D eigenvalue weighted by Gasteiger charge is 2.19. The van der Waals surface area contributed by atoms with Gasteiger partial charge in [0.2, 0.25) is 12.7 Å². The molecule has 1 aliphatic heterocycles. The van der Waals surface area contributed by atoms with E-state index in [1.807, 2.05) is 35.7 Å². The summed E-state index contributed by atoms with van der Waals surface area (Å²) in [4.78, 5) is 17.9. The van der Waals surface area contributed by atoms with E-state index in [0.29, 0.717) is 17.2 Å². The van der Waals surface area contributed by atoms with Crippen LogP contribution in [0, 0.1) is 20.8 Å². The summed E-state index contributed by atoms with van der Waals surface area (Å²) in [5.41, 5.74) is 7.73. The van der Waals surface area contributed by atoms with Crippen molar-refractivity contribution in [3.05, 3.63) is 77.1 Å². The van der Waals surface area contributed by atoms with Crippen molar-refractivity contribution in [1.82, 2.24) is 9.38 Å². The van der Waals surface area contributed by atoms with Crippen molar-refractivity contribution in [2.45, 2.75) is 27.2 Å². The van der Waals surface area contributed by atoms with E-state index in [9.17, 15) is 4.79 Å². The van der Waals surface area contributed by atoms with Gasteiger partial charge in [-0.05, 0) is 61.7 Å². The van der Waals surface area contributed by atoms with Crippen LogP contribution in [0.5, 0.6) is 11.5 Å². The van der Waals surface area contributed by atoms with E-state index in [-0.39, 0.29) is 19.1 Å². The molecule has 1 amide bonds. The van der Waals surface area contributed by atoms with E-state index < -0.39 is 0 Å². The SMILES string of the molecule is Cc1ccc(-c2nc3c(C)cccn3c2CC(=O)Nc2ccc3c(c2)OCO3)cc1C. The lowest BCUT2D eigenvalue weighted by atomic mass is 10.0. The van der Waals surface area contributed by atoms with Gasteiger partial charge >= 0.3 is 0 Å². The largest absolute Gasteiger partial charge is 0.454 e. The molecular formula is C25H23N3O3. The fourth-order valence-electron chi connectivity index (χ4n) is 3.87. The summed E-state index contributed by atoms with van der Waals surface area (Å²) in [6.07, 6.45) is 2.16. The second-order valence-electron chi connectivity index (χ2n) is 7.88. The maximum absolute atomic E-state index is 13.0. The zero-order chi connectivity index (χ0) is 21.5. The van der Waals surface area contributed by atoms with Gasteiger partial charge in [0.05, 0.1) is 17.8 Å². The van der Waals surface area contributed by atoms with Crippen LogP contribution < -0.4 is 14.8 Å². The molecule has 6 heteroatoms. The van der Waals surface area contributed by atoms with Crippen LogP contribution in [-0.4, -0.2) is 22.1 Å². The van der Waals surface area contributed by atoms with Crippen LogP contribution in [0.2, 0.25) is 0 Å². The van der Waals surface area contributed by atoms with Crippen LogP contribution in [-0.2, 0) is 11.2 Å². The highest BCUT2D eigenvalue weighted by Crippen LogP contribution is 2.34. The number of aryl methyl sites for hydroxylation is 3. The maximum atomic E-state index is 13.0. The average Bonchev–Trinajstić information content (AvgIpc) is 3.35. The fourth-order valence-corrected chi connectivity index (χ4v) is 3.87. The Balaban J connectivity index is 1.51. The van der Waals surface area contributed by atoms with Gasteiger partial charge in [0.1, 0.15) is 5.65 Å². The number of nitrogens with zero attached hydrogens (tertiary/aromatic N) is 2. The van der Waals surface area contributed by atoms with Crippen molar-refractivity contribution in [3.8, 4) is 22.8 Å². The molecule has 1 aliphatic rings. The van der Waals surface area contributed by atoms with Crippen LogP contribution in [0.15, 0.2) is 54.7 Å². The van der Waals surface area contributed by atoms with Gasteiger partial charge in [-0.25, -0.2) is 4.98 Å².